The van der Waals surface area contributed by atoms with Gasteiger partial charge in [0, 0.05) is 25.0 Å². The second-order valence-electron chi connectivity index (χ2n) is 7.32. The van der Waals surface area contributed by atoms with Gasteiger partial charge >= 0.3 is 6.09 Å². The van der Waals surface area contributed by atoms with Crippen molar-refractivity contribution >= 4 is 23.5 Å². The van der Waals surface area contributed by atoms with Gasteiger partial charge in [-0.25, -0.2) is 14.5 Å². The Morgan fingerprint density at radius 2 is 1.68 bits per heavy atom. The Kier molecular flexibility index (Phi) is 6.13. The van der Waals surface area contributed by atoms with Crippen LogP contribution in [0.2, 0.25) is 0 Å². The zero-order chi connectivity index (χ0) is 24.2. The highest BCUT2D eigenvalue weighted by molar-refractivity contribution is 6.05. The third kappa shape index (κ3) is 4.65. The van der Waals surface area contributed by atoms with E-state index in [1.807, 2.05) is 18.2 Å². The Balaban J connectivity index is 1.50. The highest BCUT2D eigenvalue weighted by Crippen LogP contribution is 2.24. The number of amides is 2. The molecular weight excluding hydrogens is 438 g/mol. The molecule has 0 saturated carbocycles. The van der Waals surface area contributed by atoms with Crippen molar-refractivity contribution in [3.05, 3.63) is 94.5 Å². The van der Waals surface area contributed by atoms with Crippen molar-refractivity contribution in [1.82, 2.24) is 14.3 Å². The van der Waals surface area contributed by atoms with Gasteiger partial charge < -0.3 is 15.2 Å². The van der Waals surface area contributed by atoms with E-state index in [1.54, 1.807) is 61.1 Å². The number of ether oxygens (including phenoxy) is 1. The third-order valence-electron chi connectivity index (χ3n) is 5.10. The van der Waals surface area contributed by atoms with Crippen molar-refractivity contribution < 1.29 is 19.4 Å². The lowest BCUT2D eigenvalue weighted by atomic mass is 10.2. The summed E-state index contributed by atoms with van der Waals surface area (Å²) in [5.74, 6) is 0.470. The van der Waals surface area contributed by atoms with Gasteiger partial charge in [0.15, 0.2) is 0 Å². The summed E-state index contributed by atoms with van der Waals surface area (Å²) in [7, 11) is 1.73. The molecule has 2 aromatic heterocycles. The largest absolute Gasteiger partial charge is 0.465 e. The maximum absolute atomic E-state index is 13.0. The molecule has 0 radical (unpaired) electrons. The molecule has 2 amide bonds. The molecule has 0 atom stereocenters. The number of benzene rings is 2. The predicted molar refractivity (Wildman–Crippen MR) is 126 cm³/mol. The molecule has 4 aromatic rings. The second-order valence-corrected chi connectivity index (χ2v) is 7.32. The summed E-state index contributed by atoms with van der Waals surface area (Å²) in [6.45, 7) is 1.72. The Labute approximate surface area is 194 Å². The van der Waals surface area contributed by atoms with Crippen molar-refractivity contribution in [1.29, 1.82) is 0 Å². The molecule has 0 unspecified atom stereocenters. The molecule has 10 nitrogen and oxygen atoms in total. The van der Waals surface area contributed by atoms with Gasteiger partial charge in [-0.3, -0.25) is 19.6 Å². The van der Waals surface area contributed by atoms with Crippen LogP contribution in [0, 0.1) is 6.92 Å². The maximum atomic E-state index is 13.0. The fraction of sp³-hybridized carbons (Fsp3) is 0.0833. The minimum absolute atomic E-state index is 0.0573. The Morgan fingerprint density at radius 1 is 0.971 bits per heavy atom. The van der Waals surface area contributed by atoms with Crippen LogP contribution in [0.25, 0.3) is 5.69 Å². The van der Waals surface area contributed by atoms with Crippen molar-refractivity contribution in [2.24, 2.45) is 7.05 Å². The van der Waals surface area contributed by atoms with Gasteiger partial charge in [0.05, 0.1) is 11.4 Å². The lowest BCUT2D eigenvalue weighted by molar-refractivity contribution is 0.102. The van der Waals surface area contributed by atoms with Gasteiger partial charge in [0.25, 0.3) is 11.5 Å². The summed E-state index contributed by atoms with van der Waals surface area (Å²) in [4.78, 5) is 40.6. The van der Waals surface area contributed by atoms with Crippen LogP contribution in [-0.2, 0) is 7.05 Å². The van der Waals surface area contributed by atoms with E-state index in [9.17, 15) is 14.4 Å². The zero-order valence-electron chi connectivity index (χ0n) is 18.4. The number of carboxylic acid groups (broad SMARTS) is 1. The molecule has 4 rings (SSSR count). The first-order valence-corrected chi connectivity index (χ1v) is 10.2. The minimum Gasteiger partial charge on any atom is -0.465 e. The van der Waals surface area contributed by atoms with Crippen LogP contribution in [-0.4, -0.2) is 31.5 Å². The van der Waals surface area contributed by atoms with Gasteiger partial charge in [-0.2, -0.15) is 0 Å². The van der Waals surface area contributed by atoms with E-state index in [2.05, 4.69) is 15.6 Å². The zero-order valence-corrected chi connectivity index (χ0v) is 18.4. The third-order valence-corrected chi connectivity index (χ3v) is 5.10. The summed E-state index contributed by atoms with van der Waals surface area (Å²) >= 11 is 0. The second kappa shape index (κ2) is 9.33. The van der Waals surface area contributed by atoms with Gasteiger partial charge in [0.2, 0.25) is 0 Å². The molecule has 3 N–H and O–H groups in total. The standard InChI is InChI=1S/C24H21N5O5/c1-15-21(23(31)29(28(15)2)17-6-4-3-5-7-17)22(30)26-16-8-10-18(11-9-16)34-19-12-13-25-20(14-19)27-24(32)33/h3-14H,1-2H3,(H,25,27)(H,26,30)(H,32,33). The number of nitrogens with zero attached hydrogens (tertiary/aromatic N) is 3. The quantitative estimate of drug-likeness (QED) is 0.400. The maximum Gasteiger partial charge on any atom is 0.410 e. The molecule has 0 spiro atoms. The molecule has 2 aromatic carbocycles. The SMILES string of the molecule is Cc1c(C(=O)Nc2ccc(Oc3ccnc(NC(=O)O)c3)cc2)c(=O)n(-c2ccccc2)n1C. The van der Waals surface area contributed by atoms with Crippen molar-refractivity contribution in [3.8, 4) is 17.2 Å². The Hall–Kier alpha value is -4.86. The summed E-state index contributed by atoms with van der Waals surface area (Å²) in [6.07, 6.45) is 0.188. The van der Waals surface area contributed by atoms with E-state index < -0.39 is 17.6 Å². The number of anilines is 2. The number of para-hydroxylation sites is 1. The van der Waals surface area contributed by atoms with Crippen LogP contribution in [0.15, 0.2) is 77.7 Å². The number of nitrogens with one attached hydrogen (secondary N) is 2. The number of carbonyl (C=O) groups is 2. The van der Waals surface area contributed by atoms with Gasteiger partial charge in [-0.05, 0) is 49.4 Å². The normalized spacial score (nSPS) is 10.5. The van der Waals surface area contributed by atoms with Crippen LogP contribution in [0.4, 0.5) is 16.3 Å². The number of hydrogen-bond acceptors (Lipinski definition) is 5. The van der Waals surface area contributed by atoms with Crippen molar-refractivity contribution in [3.63, 3.8) is 0 Å². The van der Waals surface area contributed by atoms with Crippen LogP contribution >= 0.6 is 0 Å². The molecule has 34 heavy (non-hydrogen) atoms. The lowest BCUT2D eigenvalue weighted by Crippen LogP contribution is -2.25. The molecular formula is C24H21N5O5. The lowest BCUT2D eigenvalue weighted by Gasteiger charge is -2.09. The first-order valence-electron chi connectivity index (χ1n) is 10.2. The number of aromatic nitrogens is 3. The molecule has 172 valence electrons. The van der Waals surface area contributed by atoms with E-state index >= 15 is 0 Å². The molecule has 0 aliphatic carbocycles. The average Bonchev–Trinajstić information content (AvgIpc) is 3.03. The number of rotatable bonds is 6. The van der Waals surface area contributed by atoms with Gasteiger partial charge in [-0.1, -0.05) is 18.2 Å². The Morgan fingerprint density at radius 3 is 2.35 bits per heavy atom. The van der Waals surface area contributed by atoms with Gasteiger partial charge in [-0.15, -0.1) is 0 Å². The number of pyridine rings is 1. The highest BCUT2D eigenvalue weighted by atomic mass is 16.5. The summed E-state index contributed by atoms with van der Waals surface area (Å²) in [6, 6.07) is 18.7. The van der Waals surface area contributed by atoms with E-state index in [1.165, 1.54) is 16.9 Å². The summed E-state index contributed by atoms with van der Waals surface area (Å²) < 4.78 is 8.80. The number of hydrogen-bond donors (Lipinski definition) is 3. The smallest absolute Gasteiger partial charge is 0.410 e. The molecule has 0 aliphatic rings. The fourth-order valence-corrected chi connectivity index (χ4v) is 3.42. The van der Waals surface area contributed by atoms with E-state index in [4.69, 9.17) is 9.84 Å². The van der Waals surface area contributed by atoms with Crippen LogP contribution < -0.4 is 20.9 Å². The van der Waals surface area contributed by atoms with E-state index in [0.29, 0.717) is 28.6 Å². The first kappa shape index (κ1) is 22.3. The Bertz CT molecular complexity index is 1410. The topological polar surface area (TPSA) is 127 Å². The molecule has 10 heteroatoms. The van der Waals surface area contributed by atoms with E-state index in [0.717, 1.165) is 0 Å². The minimum atomic E-state index is -1.23. The van der Waals surface area contributed by atoms with Crippen LogP contribution in [0.3, 0.4) is 0 Å². The average molecular weight is 459 g/mol. The predicted octanol–water partition coefficient (Wildman–Crippen LogP) is 4.01. The summed E-state index contributed by atoms with van der Waals surface area (Å²) in [5, 5.41) is 13.7. The molecule has 0 fully saturated rings. The van der Waals surface area contributed by atoms with Crippen LogP contribution in [0.5, 0.6) is 11.5 Å². The molecule has 2 heterocycles. The first-order chi connectivity index (χ1) is 16.3. The fourth-order valence-electron chi connectivity index (χ4n) is 3.42. The molecule has 0 saturated heterocycles. The van der Waals surface area contributed by atoms with Crippen molar-refractivity contribution in [2.45, 2.75) is 6.92 Å². The van der Waals surface area contributed by atoms with Crippen LogP contribution in [0.1, 0.15) is 16.1 Å². The van der Waals surface area contributed by atoms with Gasteiger partial charge in [0.1, 0.15) is 22.9 Å². The number of carbonyl (C=O) groups excluding carboxylic acids is 1. The van der Waals surface area contributed by atoms with E-state index in [-0.39, 0.29) is 11.4 Å². The highest BCUT2D eigenvalue weighted by Gasteiger charge is 2.22. The summed E-state index contributed by atoms with van der Waals surface area (Å²) in [5.41, 5.74) is 1.33. The van der Waals surface area contributed by atoms with Crippen molar-refractivity contribution in [2.75, 3.05) is 10.6 Å². The molecule has 0 aliphatic heterocycles. The molecule has 0 bridgehead atoms. The monoisotopic (exact) mass is 459 g/mol.